The number of benzene rings is 1. The van der Waals surface area contributed by atoms with Crippen LogP contribution in [0.2, 0.25) is 0 Å². The molecule has 7 nitrogen and oxygen atoms in total. The highest BCUT2D eigenvalue weighted by Crippen LogP contribution is 2.22. The highest BCUT2D eigenvalue weighted by Gasteiger charge is 2.32. The van der Waals surface area contributed by atoms with Gasteiger partial charge in [0.1, 0.15) is 0 Å². The van der Waals surface area contributed by atoms with E-state index >= 15 is 0 Å². The maximum atomic E-state index is 12.7. The van der Waals surface area contributed by atoms with E-state index in [1.165, 1.54) is 0 Å². The molecule has 0 unspecified atom stereocenters. The summed E-state index contributed by atoms with van der Waals surface area (Å²) in [6.45, 7) is 2.91. The minimum Gasteiger partial charge on any atom is -0.342 e. The van der Waals surface area contributed by atoms with Crippen molar-refractivity contribution in [2.24, 2.45) is 5.92 Å². The van der Waals surface area contributed by atoms with Gasteiger partial charge in [-0.05, 0) is 49.9 Å². The number of amides is 3. The van der Waals surface area contributed by atoms with Crippen molar-refractivity contribution in [2.75, 3.05) is 31.5 Å². The Labute approximate surface area is 158 Å². The Balaban J connectivity index is 1.39. The molecule has 2 aliphatic rings. The fourth-order valence-corrected chi connectivity index (χ4v) is 3.91. The van der Waals surface area contributed by atoms with Gasteiger partial charge in [-0.3, -0.25) is 4.79 Å². The molecule has 27 heavy (non-hydrogen) atoms. The van der Waals surface area contributed by atoms with Crippen LogP contribution in [0.25, 0.3) is 5.69 Å². The van der Waals surface area contributed by atoms with E-state index in [2.05, 4.69) is 10.4 Å². The summed E-state index contributed by atoms with van der Waals surface area (Å²) in [4.78, 5) is 29.1. The zero-order chi connectivity index (χ0) is 18.6. The molecule has 2 aromatic rings. The largest absolute Gasteiger partial charge is 0.342 e. The van der Waals surface area contributed by atoms with Gasteiger partial charge in [0.15, 0.2) is 0 Å². The van der Waals surface area contributed by atoms with E-state index in [-0.39, 0.29) is 17.9 Å². The highest BCUT2D eigenvalue weighted by molar-refractivity contribution is 5.90. The molecule has 3 heterocycles. The van der Waals surface area contributed by atoms with Crippen LogP contribution >= 0.6 is 0 Å². The van der Waals surface area contributed by atoms with E-state index in [4.69, 9.17) is 0 Å². The molecule has 0 bridgehead atoms. The second-order valence-corrected chi connectivity index (χ2v) is 7.25. The number of carbonyl (C=O) groups excluding carboxylic acids is 2. The molecule has 3 amide bonds. The number of anilines is 1. The molecule has 1 aromatic carbocycles. The first-order valence-corrected chi connectivity index (χ1v) is 9.65. The molecule has 7 heteroatoms. The summed E-state index contributed by atoms with van der Waals surface area (Å²) in [7, 11) is 0. The number of aromatic nitrogens is 2. The smallest absolute Gasteiger partial charge is 0.321 e. The van der Waals surface area contributed by atoms with Gasteiger partial charge in [-0.15, -0.1) is 0 Å². The van der Waals surface area contributed by atoms with E-state index in [1.54, 1.807) is 15.8 Å². The molecule has 0 aliphatic carbocycles. The zero-order valence-electron chi connectivity index (χ0n) is 15.4. The Kier molecular flexibility index (Phi) is 5.09. The second kappa shape index (κ2) is 7.82. The van der Waals surface area contributed by atoms with Crippen LogP contribution in [-0.2, 0) is 4.79 Å². The number of hydrogen-bond acceptors (Lipinski definition) is 3. The molecule has 4 rings (SSSR count). The summed E-state index contributed by atoms with van der Waals surface area (Å²) in [6, 6.07) is 9.29. The lowest BCUT2D eigenvalue weighted by molar-refractivity contribution is -0.135. The van der Waals surface area contributed by atoms with Crippen LogP contribution < -0.4 is 5.32 Å². The van der Waals surface area contributed by atoms with Crippen LogP contribution in [0.15, 0.2) is 42.7 Å². The third kappa shape index (κ3) is 3.97. The Hall–Kier alpha value is -2.83. The van der Waals surface area contributed by atoms with Crippen molar-refractivity contribution < 1.29 is 9.59 Å². The summed E-state index contributed by atoms with van der Waals surface area (Å²) < 4.78 is 1.75. The van der Waals surface area contributed by atoms with Crippen LogP contribution in [0.4, 0.5) is 10.5 Å². The third-order valence-corrected chi connectivity index (χ3v) is 5.34. The molecule has 2 saturated heterocycles. The van der Waals surface area contributed by atoms with Crippen molar-refractivity contribution in [3.8, 4) is 5.69 Å². The van der Waals surface area contributed by atoms with Crippen molar-refractivity contribution >= 4 is 17.6 Å². The zero-order valence-corrected chi connectivity index (χ0v) is 15.4. The van der Waals surface area contributed by atoms with Crippen LogP contribution in [0, 0.1) is 5.92 Å². The van der Waals surface area contributed by atoms with E-state index in [0.29, 0.717) is 13.1 Å². The molecule has 1 atom stereocenters. The van der Waals surface area contributed by atoms with Crippen LogP contribution in [-0.4, -0.2) is 57.7 Å². The van der Waals surface area contributed by atoms with Gasteiger partial charge >= 0.3 is 6.03 Å². The van der Waals surface area contributed by atoms with Gasteiger partial charge in [0.2, 0.25) is 5.91 Å². The molecular weight excluding hydrogens is 342 g/mol. The van der Waals surface area contributed by atoms with E-state index in [1.807, 2.05) is 41.4 Å². The highest BCUT2D eigenvalue weighted by atomic mass is 16.2. The molecule has 1 N–H and O–H groups in total. The number of hydrogen-bond donors (Lipinski definition) is 1. The minimum atomic E-state index is -0.147. The Morgan fingerprint density at radius 2 is 1.85 bits per heavy atom. The number of urea groups is 1. The third-order valence-electron chi connectivity index (χ3n) is 5.34. The van der Waals surface area contributed by atoms with Gasteiger partial charge in [-0.2, -0.15) is 5.10 Å². The topological polar surface area (TPSA) is 70.5 Å². The number of nitrogens with one attached hydrogen (secondary N) is 1. The molecule has 0 spiro atoms. The maximum Gasteiger partial charge on any atom is 0.321 e. The van der Waals surface area contributed by atoms with Gasteiger partial charge in [-0.1, -0.05) is 6.07 Å². The summed E-state index contributed by atoms with van der Waals surface area (Å²) >= 11 is 0. The first-order chi connectivity index (χ1) is 13.2. The van der Waals surface area contributed by atoms with Gasteiger partial charge in [0.05, 0.1) is 11.6 Å². The predicted molar refractivity (Wildman–Crippen MR) is 103 cm³/mol. The van der Waals surface area contributed by atoms with Crippen molar-refractivity contribution in [3.05, 3.63) is 42.7 Å². The van der Waals surface area contributed by atoms with Crippen LogP contribution in [0.1, 0.15) is 25.7 Å². The first kappa shape index (κ1) is 17.6. The average molecular weight is 367 g/mol. The monoisotopic (exact) mass is 367 g/mol. The Morgan fingerprint density at radius 1 is 1.04 bits per heavy atom. The normalized spacial score (nSPS) is 19.9. The number of likely N-dealkylation sites (tertiary alicyclic amines) is 2. The van der Waals surface area contributed by atoms with E-state index in [9.17, 15) is 9.59 Å². The molecule has 0 saturated carbocycles. The van der Waals surface area contributed by atoms with E-state index < -0.39 is 0 Å². The van der Waals surface area contributed by atoms with Crippen molar-refractivity contribution in [3.63, 3.8) is 0 Å². The minimum absolute atomic E-state index is 0.0713. The Bertz CT molecular complexity index is 798. The average Bonchev–Trinajstić information content (AvgIpc) is 3.42. The van der Waals surface area contributed by atoms with Crippen molar-refractivity contribution in [1.82, 2.24) is 19.6 Å². The quantitative estimate of drug-likeness (QED) is 0.907. The SMILES string of the molecule is O=C(Nc1cccc(-n2cccn2)c1)N1CCC[C@@H](C(=O)N2CCCC2)C1. The summed E-state index contributed by atoms with van der Waals surface area (Å²) in [5, 5.41) is 7.18. The lowest BCUT2D eigenvalue weighted by Crippen LogP contribution is -2.47. The summed E-state index contributed by atoms with van der Waals surface area (Å²) in [5.41, 5.74) is 1.61. The molecular formula is C20H25N5O2. The first-order valence-electron chi connectivity index (χ1n) is 9.65. The van der Waals surface area contributed by atoms with Gasteiger partial charge < -0.3 is 15.1 Å². The number of nitrogens with zero attached hydrogens (tertiary/aromatic N) is 4. The Morgan fingerprint density at radius 3 is 2.63 bits per heavy atom. The summed E-state index contributed by atoms with van der Waals surface area (Å²) in [6.07, 6.45) is 7.50. The van der Waals surface area contributed by atoms with Crippen LogP contribution in [0.3, 0.4) is 0 Å². The van der Waals surface area contributed by atoms with Gasteiger partial charge in [-0.25, -0.2) is 9.48 Å². The van der Waals surface area contributed by atoms with Crippen molar-refractivity contribution in [2.45, 2.75) is 25.7 Å². The fraction of sp³-hybridized carbons (Fsp3) is 0.450. The van der Waals surface area contributed by atoms with Gasteiger partial charge in [0, 0.05) is 44.3 Å². The van der Waals surface area contributed by atoms with Crippen molar-refractivity contribution in [1.29, 1.82) is 0 Å². The summed E-state index contributed by atoms with van der Waals surface area (Å²) in [5.74, 6) is 0.142. The number of piperidine rings is 1. The predicted octanol–water partition coefficient (Wildman–Crippen LogP) is 2.74. The maximum absolute atomic E-state index is 12.7. The van der Waals surface area contributed by atoms with Gasteiger partial charge in [0.25, 0.3) is 0 Å². The molecule has 2 fully saturated rings. The lowest BCUT2D eigenvalue weighted by atomic mass is 9.97. The lowest BCUT2D eigenvalue weighted by Gasteiger charge is -2.34. The second-order valence-electron chi connectivity index (χ2n) is 7.25. The molecule has 1 aromatic heterocycles. The fourth-order valence-electron chi connectivity index (χ4n) is 3.91. The number of rotatable bonds is 3. The molecule has 142 valence electrons. The van der Waals surface area contributed by atoms with E-state index in [0.717, 1.165) is 50.1 Å². The van der Waals surface area contributed by atoms with Crippen LogP contribution in [0.5, 0.6) is 0 Å². The molecule has 0 radical (unpaired) electrons. The molecule has 2 aliphatic heterocycles. The standard InChI is InChI=1S/C20H25N5O2/c26-19(23-10-1-2-11-23)16-6-4-12-24(15-16)20(27)22-17-7-3-8-18(14-17)25-13-5-9-21-25/h3,5,7-9,13-14,16H,1-2,4,6,10-12,15H2,(H,22,27)/t16-/m1/s1. The number of carbonyl (C=O) groups is 2.